The lowest BCUT2D eigenvalue weighted by Crippen LogP contribution is -2.33. The molecule has 0 N–H and O–H groups in total. The van der Waals surface area contributed by atoms with E-state index in [1.807, 2.05) is 37.3 Å². The van der Waals surface area contributed by atoms with Crippen molar-refractivity contribution in [2.45, 2.75) is 13.0 Å². The van der Waals surface area contributed by atoms with Crippen LogP contribution in [0.2, 0.25) is 0 Å². The number of hydrogen-bond acceptors (Lipinski definition) is 4. The largest absolute Gasteiger partial charge is 0.484 e. The van der Waals surface area contributed by atoms with Crippen LogP contribution in [-0.2, 0) is 4.79 Å². The Kier molecular flexibility index (Phi) is 4.84. The van der Waals surface area contributed by atoms with Crippen LogP contribution in [0.5, 0.6) is 5.75 Å². The van der Waals surface area contributed by atoms with E-state index in [1.54, 1.807) is 36.2 Å². The van der Waals surface area contributed by atoms with E-state index in [0.29, 0.717) is 11.3 Å². The van der Waals surface area contributed by atoms with Gasteiger partial charge in [0.1, 0.15) is 11.3 Å². The fraction of sp³-hybridized carbons (Fsp3) is 0.200. The van der Waals surface area contributed by atoms with Crippen LogP contribution < -0.4 is 10.4 Å². The van der Waals surface area contributed by atoms with Gasteiger partial charge in [0, 0.05) is 24.6 Å². The van der Waals surface area contributed by atoms with Crippen molar-refractivity contribution >= 4 is 16.9 Å². The number of likely N-dealkylation sites (N-methyl/N-ethyl adjacent to an activating group) is 1. The molecule has 0 aliphatic heterocycles. The Bertz CT molecular complexity index is 933. The normalized spacial score (nSPS) is 11.9. The Hall–Kier alpha value is -3.08. The smallest absolute Gasteiger partial charge is 0.336 e. The van der Waals surface area contributed by atoms with Gasteiger partial charge in [-0.3, -0.25) is 4.79 Å². The highest BCUT2D eigenvalue weighted by Crippen LogP contribution is 2.21. The zero-order chi connectivity index (χ0) is 17.8. The zero-order valence-electron chi connectivity index (χ0n) is 14.1. The lowest BCUT2D eigenvalue weighted by atomic mass is 10.1. The molecule has 0 aliphatic rings. The van der Waals surface area contributed by atoms with Gasteiger partial charge in [-0.2, -0.15) is 0 Å². The molecular formula is C20H19NO4. The summed E-state index contributed by atoms with van der Waals surface area (Å²) in [6, 6.07) is 18.0. The SMILES string of the molecule is CC(c1ccccc1)N(C)C(=O)COc1ccc2ccc(=O)oc2c1. The third-order valence-electron chi connectivity index (χ3n) is 4.21. The molecule has 0 spiro atoms. The molecule has 0 saturated carbocycles. The number of carbonyl (C=O) groups is 1. The summed E-state index contributed by atoms with van der Waals surface area (Å²) in [7, 11) is 1.75. The maximum atomic E-state index is 12.4. The van der Waals surface area contributed by atoms with Crippen LogP contribution in [0.1, 0.15) is 18.5 Å². The summed E-state index contributed by atoms with van der Waals surface area (Å²) in [5, 5.41) is 0.799. The van der Waals surface area contributed by atoms with Gasteiger partial charge in [0.05, 0.1) is 6.04 Å². The van der Waals surface area contributed by atoms with Gasteiger partial charge in [-0.1, -0.05) is 30.3 Å². The average Bonchev–Trinajstić information content (AvgIpc) is 2.65. The fourth-order valence-electron chi connectivity index (χ4n) is 2.55. The summed E-state index contributed by atoms with van der Waals surface area (Å²) in [5.41, 5.74) is 1.08. The second-order valence-electron chi connectivity index (χ2n) is 5.83. The number of ether oxygens (including phenoxy) is 1. The van der Waals surface area contributed by atoms with Crippen molar-refractivity contribution in [1.29, 1.82) is 0 Å². The first kappa shape index (κ1) is 16.8. The van der Waals surface area contributed by atoms with Crippen LogP contribution in [0.4, 0.5) is 0 Å². The molecule has 0 bridgehead atoms. The van der Waals surface area contributed by atoms with Crippen molar-refractivity contribution in [1.82, 2.24) is 4.90 Å². The van der Waals surface area contributed by atoms with Crippen LogP contribution >= 0.6 is 0 Å². The van der Waals surface area contributed by atoms with Gasteiger partial charge in [-0.25, -0.2) is 4.79 Å². The maximum absolute atomic E-state index is 12.4. The second-order valence-corrected chi connectivity index (χ2v) is 5.83. The van der Waals surface area contributed by atoms with Crippen LogP contribution in [0.3, 0.4) is 0 Å². The van der Waals surface area contributed by atoms with E-state index in [9.17, 15) is 9.59 Å². The van der Waals surface area contributed by atoms with E-state index in [0.717, 1.165) is 10.9 Å². The molecule has 1 heterocycles. The Morgan fingerprint density at radius 2 is 1.84 bits per heavy atom. The molecule has 1 aromatic heterocycles. The molecule has 3 aromatic rings. The van der Waals surface area contributed by atoms with E-state index >= 15 is 0 Å². The first-order valence-electron chi connectivity index (χ1n) is 8.02. The zero-order valence-corrected chi connectivity index (χ0v) is 14.1. The molecule has 5 nitrogen and oxygen atoms in total. The van der Waals surface area contributed by atoms with Crippen molar-refractivity contribution in [2.75, 3.05) is 13.7 Å². The number of amides is 1. The van der Waals surface area contributed by atoms with E-state index in [2.05, 4.69) is 0 Å². The lowest BCUT2D eigenvalue weighted by Gasteiger charge is -2.25. The highest BCUT2D eigenvalue weighted by Gasteiger charge is 2.17. The topological polar surface area (TPSA) is 59.8 Å². The quantitative estimate of drug-likeness (QED) is 0.670. The Morgan fingerprint density at radius 3 is 2.60 bits per heavy atom. The van der Waals surface area contributed by atoms with Gasteiger partial charge < -0.3 is 14.1 Å². The predicted octanol–water partition coefficient (Wildman–Crippen LogP) is 3.39. The summed E-state index contributed by atoms with van der Waals surface area (Å²) < 4.78 is 10.7. The van der Waals surface area contributed by atoms with E-state index in [1.165, 1.54) is 6.07 Å². The maximum Gasteiger partial charge on any atom is 0.336 e. The number of nitrogens with zero attached hydrogens (tertiary/aromatic N) is 1. The van der Waals surface area contributed by atoms with Crippen molar-refractivity contribution in [3.63, 3.8) is 0 Å². The molecule has 1 amide bonds. The van der Waals surface area contributed by atoms with E-state index in [4.69, 9.17) is 9.15 Å². The Labute approximate surface area is 145 Å². The minimum Gasteiger partial charge on any atom is -0.484 e. The van der Waals surface area contributed by atoms with Gasteiger partial charge >= 0.3 is 5.63 Å². The molecular weight excluding hydrogens is 318 g/mol. The molecule has 0 saturated heterocycles. The Balaban J connectivity index is 1.66. The molecule has 25 heavy (non-hydrogen) atoms. The number of carbonyl (C=O) groups excluding carboxylic acids is 1. The van der Waals surface area contributed by atoms with Gasteiger partial charge in [0.25, 0.3) is 5.91 Å². The van der Waals surface area contributed by atoms with E-state index in [-0.39, 0.29) is 18.6 Å². The van der Waals surface area contributed by atoms with Crippen molar-refractivity contribution in [3.8, 4) is 5.75 Å². The summed E-state index contributed by atoms with van der Waals surface area (Å²) in [4.78, 5) is 25.3. The number of hydrogen-bond donors (Lipinski definition) is 0. The third kappa shape index (κ3) is 3.88. The minimum absolute atomic E-state index is 0.0491. The van der Waals surface area contributed by atoms with Crippen LogP contribution in [0.15, 0.2) is 69.9 Å². The molecule has 2 aromatic carbocycles. The van der Waals surface area contributed by atoms with Crippen LogP contribution in [-0.4, -0.2) is 24.5 Å². The molecule has 5 heteroatoms. The predicted molar refractivity (Wildman–Crippen MR) is 95.6 cm³/mol. The van der Waals surface area contributed by atoms with Crippen LogP contribution in [0.25, 0.3) is 11.0 Å². The minimum atomic E-state index is -0.419. The Morgan fingerprint density at radius 1 is 1.12 bits per heavy atom. The summed E-state index contributed by atoms with van der Waals surface area (Å²) in [5.74, 6) is 0.349. The van der Waals surface area contributed by atoms with Crippen molar-refractivity contribution in [2.24, 2.45) is 0 Å². The molecule has 128 valence electrons. The molecule has 1 unspecified atom stereocenters. The third-order valence-corrected chi connectivity index (χ3v) is 4.21. The van der Waals surface area contributed by atoms with Crippen LogP contribution in [0, 0.1) is 0 Å². The monoisotopic (exact) mass is 337 g/mol. The van der Waals surface area contributed by atoms with Gasteiger partial charge in [0.2, 0.25) is 0 Å². The standard InChI is InChI=1S/C20H19NO4/c1-14(15-6-4-3-5-7-15)21(2)19(22)13-24-17-10-8-16-9-11-20(23)25-18(16)12-17/h3-12,14H,13H2,1-2H3. The first-order valence-corrected chi connectivity index (χ1v) is 8.02. The van der Waals surface area contributed by atoms with Crippen molar-refractivity contribution in [3.05, 3.63) is 76.6 Å². The van der Waals surface area contributed by atoms with Gasteiger partial charge in [-0.15, -0.1) is 0 Å². The highest BCUT2D eigenvalue weighted by molar-refractivity contribution is 5.79. The summed E-state index contributed by atoms with van der Waals surface area (Å²) in [6.45, 7) is 1.88. The van der Waals surface area contributed by atoms with E-state index < -0.39 is 5.63 Å². The molecule has 0 radical (unpaired) electrons. The first-order chi connectivity index (χ1) is 12.0. The second kappa shape index (κ2) is 7.21. The lowest BCUT2D eigenvalue weighted by molar-refractivity contribution is -0.134. The van der Waals surface area contributed by atoms with Crippen molar-refractivity contribution < 1.29 is 13.9 Å². The summed E-state index contributed by atoms with van der Waals surface area (Å²) >= 11 is 0. The number of rotatable bonds is 5. The molecule has 3 rings (SSSR count). The van der Waals surface area contributed by atoms with Gasteiger partial charge in [-0.05, 0) is 30.7 Å². The highest BCUT2D eigenvalue weighted by atomic mass is 16.5. The average molecular weight is 337 g/mol. The summed E-state index contributed by atoms with van der Waals surface area (Å²) in [6.07, 6.45) is 0. The number of benzene rings is 2. The van der Waals surface area contributed by atoms with Gasteiger partial charge in [0.15, 0.2) is 6.61 Å². The fourth-order valence-corrected chi connectivity index (χ4v) is 2.55. The molecule has 0 fully saturated rings. The molecule has 0 aliphatic carbocycles. The number of fused-ring (bicyclic) bond motifs is 1. The molecule has 1 atom stereocenters.